The van der Waals surface area contributed by atoms with Crippen LogP contribution in [0.4, 0.5) is 24.8 Å². The minimum Gasteiger partial charge on any atom is -0.383 e. The molecule has 11 heteroatoms. The minimum atomic E-state index is -4.62. The first-order chi connectivity index (χ1) is 15.7. The van der Waals surface area contributed by atoms with E-state index in [9.17, 15) is 18.0 Å². The molecule has 1 fully saturated rings. The average molecular weight is 458 g/mol. The first-order valence-electron chi connectivity index (χ1n) is 10.1. The Morgan fingerprint density at radius 3 is 2.73 bits per heavy atom. The Bertz CT molecular complexity index is 1250. The fourth-order valence-electron chi connectivity index (χ4n) is 3.44. The molecule has 1 aliphatic heterocycles. The van der Waals surface area contributed by atoms with Gasteiger partial charge in [0.05, 0.1) is 25.3 Å². The van der Waals surface area contributed by atoms with Crippen molar-refractivity contribution in [1.29, 1.82) is 0 Å². The predicted molar refractivity (Wildman–Crippen MR) is 116 cm³/mol. The van der Waals surface area contributed by atoms with Crippen LogP contribution in [0.2, 0.25) is 0 Å². The van der Waals surface area contributed by atoms with Gasteiger partial charge in [-0.25, -0.2) is 9.97 Å². The molecule has 0 unspecified atom stereocenters. The van der Waals surface area contributed by atoms with Crippen molar-refractivity contribution in [1.82, 2.24) is 19.3 Å². The Balaban J connectivity index is 1.75. The molecule has 0 spiro atoms. The van der Waals surface area contributed by atoms with Crippen LogP contribution >= 0.6 is 0 Å². The molecule has 8 nitrogen and oxygen atoms in total. The van der Waals surface area contributed by atoms with Crippen LogP contribution in [0.5, 0.6) is 0 Å². The molecule has 0 aliphatic carbocycles. The van der Waals surface area contributed by atoms with Gasteiger partial charge in [0.15, 0.2) is 5.82 Å². The zero-order chi connectivity index (χ0) is 23.6. The van der Waals surface area contributed by atoms with Crippen molar-refractivity contribution in [3.8, 4) is 23.0 Å². The van der Waals surface area contributed by atoms with Gasteiger partial charge in [-0.2, -0.15) is 13.2 Å². The van der Waals surface area contributed by atoms with Gasteiger partial charge in [-0.3, -0.25) is 14.1 Å². The van der Waals surface area contributed by atoms with E-state index < -0.39 is 17.6 Å². The normalized spacial score (nSPS) is 14.7. The zero-order valence-electron chi connectivity index (χ0n) is 17.7. The molecule has 0 radical (unpaired) electrons. The zero-order valence-corrected chi connectivity index (χ0v) is 17.7. The molecule has 4 rings (SSSR count). The number of nitrogen functional groups attached to an aromatic ring is 1. The number of fused-ring (bicyclic) bond motifs is 1. The monoisotopic (exact) mass is 458 g/mol. The fraction of sp³-hybridized carbons (Fsp3) is 0.318. The van der Waals surface area contributed by atoms with Crippen molar-refractivity contribution in [2.45, 2.75) is 13.1 Å². The van der Waals surface area contributed by atoms with E-state index in [1.54, 1.807) is 22.7 Å². The van der Waals surface area contributed by atoms with E-state index in [-0.39, 0.29) is 17.3 Å². The average Bonchev–Trinajstić information content (AvgIpc) is 3.09. The summed E-state index contributed by atoms with van der Waals surface area (Å²) < 4.78 is 46.8. The summed E-state index contributed by atoms with van der Waals surface area (Å²) in [5.41, 5.74) is 6.02. The Labute approximate surface area is 187 Å². The van der Waals surface area contributed by atoms with Crippen LogP contribution < -0.4 is 11.1 Å². The molecule has 0 saturated carbocycles. The molecule has 4 heterocycles. The van der Waals surface area contributed by atoms with Crippen molar-refractivity contribution in [2.24, 2.45) is 0 Å². The summed E-state index contributed by atoms with van der Waals surface area (Å²) >= 11 is 0. The third kappa shape index (κ3) is 5.08. The summed E-state index contributed by atoms with van der Waals surface area (Å²) in [6.45, 7) is 4.71. The molecule has 3 N–H and O–H groups in total. The first kappa shape index (κ1) is 22.6. The van der Waals surface area contributed by atoms with E-state index in [4.69, 9.17) is 10.5 Å². The maximum Gasteiger partial charge on any atom is 0.419 e. The fourth-order valence-corrected chi connectivity index (χ4v) is 3.44. The maximum absolute atomic E-state index is 13.3. The van der Waals surface area contributed by atoms with Crippen LogP contribution in [0.25, 0.3) is 16.8 Å². The Kier molecular flexibility index (Phi) is 6.22. The number of pyridine rings is 2. The maximum atomic E-state index is 13.3. The van der Waals surface area contributed by atoms with Crippen molar-refractivity contribution < 1.29 is 22.7 Å². The number of halogens is 3. The quantitative estimate of drug-likeness (QED) is 0.586. The standard InChI is InChI=1S/C22H21F3N6O2/c1-14(32)28-21-18(3-2-6-30-7-9-33-10-8-30)31-13-15(4-5-19(31)29-21)16-11-17(22(23,24)25)20(26)27-12-16/h4-5,11-13H,6-10H2,1H3,(H2,26,27)(H,28,32). The molecule has 172 valence electrons. The van der Waals surface area contributed by atoms with Gasteiger partial charge < -0.3 is 15.8 Å². The molecule has 3 aromatic rings. The number of nitrogens with two attached hydrogens (primary N) is 1. The summed E-state index contributed by atoms with van der Waals surface area (Å²) in [5.74, 6) is 5.52. The highest BCUT2D eigenvalue weighted by Crippen LogP contribution is 2.35. The van der Waals surface area contributed by atoms with E-state index in [1.807, 2.05) is 0 Å². The summed E-state index contributed by atoms with van der Waals surface area (Å²) in [7, 11) is 0. The summed E-state index contributed by atoms with van der Waals surface area (Å²) in [4.78, 5) is 21.9. The van der Waals surface area contributed by atoms with Crippen molar-refractivity contribution in [3.05, 3.63) is 41.9 Å². The van der Waals surface area contributed by atoms with Crippen LogP contribution in [0.15, 0.2) is 30.6 Å². The van der Waals surface area contributed by atoms with Gasteiger partial charge in [0.1, 0.15) is 17.2 Å². The Hall–Kier alpha value is -3.62. The molecule has 0 atom stereocenters. The van der Waals surface area contributed by atoms with Crippen LogP contribution in [-0.4, -0.2) is 58.0 Å². The number of hydrogen-bond acceptors (Lipinski definition) is 6. The molecule has 1 amide bonds. The summed E-state index contributed by atoms with van der Waals surface area (Å²) in [6, 6.07) is 4.22. The van der Waals surface area contributed by atoms with E-state index in [1.165, 1.54) is 13.1 Å². The van der Waals surface area contributed by atoms with Gasteiger partial charge in [0, 0.05) is 43.5 Å². The smallest absolute Gasteiger partial charge is 0.383 e. The lowest BCUT2D eigenvalue weighted by molar-refractivity contribution is -0.137. The van der Waals surface area contributed by atoms with Crippen LogP contribution in [-0.2, 0) is 15.7 Å². The van der Waals surface area contributed by atoms with E-state index in [0.717, 1.165) is 19.2 Å². The Morgan fingerprint density at radius 1 is 1.27 bits per heavy atom. The second-order valence-corrected chi connectivity index (χ2v) is 7.48. The Morgan fingerprint density at radius 2 is 2.03 bits per heavy atom. The topological polar surface area (TPSA) is 97.8 Å². The lowest BCUT2D eigenvalue weighted by atomic mass is 10.1. The van der Waals surface area contributed by atoms with E-state index in [0.29, 0.717) is 36.7 Å². The van der Waals surface area contributed by atoms with E-state index >= 15 is 0 Å². The number of ether oxygens (including phenoxy) is 1. The SMILES string of the molecule is CC(=O)Nc1nc2ccc(-c3cnc(N)c(C(F)(F)F)c3)cn2c1C#CCN1CCOCC1. The van der Waals surface area contributed by atoms with Crippen LogP contribution in [0.3, 0.4) is 0 Å². The molecular weight excluding hydrogens is 437 g/mol. The number of aromatic nitrogens is 3. The van der Waals surface area contributed by atoms with Crippen molar-refractivity contribution in [3.63, 3.8) is 0 Å². The van der Waals surface area contributed by atoms with Crippen molar-refractivity contribution in [2.75, 3.05) is 43.9 Å². The number of nitrogens with zero attached hydrogens (tertiary/aromatic N) is 4. The number of anilines is 2. The molecule has 3 aromatic heterocycles. The number of alkyl halides is 3. The van der Waals surface area contributed by atoms with Crippen molar-refractivity contribution >= 4 is 23.2 Å². The molecular formula is C22H21F3N6O2. The number of carbonyl (C=O) groups is 1. The largest absolute Gasteiger partial charge is 0.419 e. The van der Waals surface area contributed by atoms with Gasteiger partial charge in [-0.05, 0) is 24.1 Å². The van der Waals surface area contributed by atoms with Gasteiger partial charge in [-0.15, -0.1) is 0 Å². The lowest BCUT2D eigenvalue weighted by Crippen LogP contribution is -2.36. The second-order valence-electron chi connectivity index (χ2n) is 7.48. The molecule has 1 saturated heterocycles. The third-order valence-electron chi connectivity index (χ3n) is 5.08. The number of hydrogen-bond donors (Lipinski definition) is 2. The van der Waals surface area contributed by atoms with Crippen LogP contribution in [0.1, 0.15) is 18.2 Å². The summed E-state index contributed by atoms with van der Waals surface area (Å²) in [6.07, 6.45) is -1.73. The highest BCUT2D eigenvalue weighted by Gasteiger charge is 2.34. The number of amides is 1. The first-order valence-corrected chi connectivity index (χ1v) is 10.1. The minimum absolute atomic E-state index is 0.237. The number of rotatable bonds is 3. The number of morpholine rings is 1. The number of carbonyl (C=O) groups excluding carboxylic acids is 1. The van der Waals surface area contributed by atoms with Crippen LogP contribution in [0, 0.1) is 11.8 Å². The summed E-state index contributed by atoms with van der Waals surface area (Å²) in [5, 5.41) is 2.66. The highest BCUT2D eigenvalue weighted by molar-refractivity contribution is 5.89. The van der Waals surface area contributed by atoms with Gasteiger partial charge in [-0.1, -0.05) is 5.92 Å². The highest BCUT2D eigenvalue weighted by atomic mass is 19.4. The molecule has 1 aliphatic rings. The number of imidazole rings is 1. The predicted octanol–water partition coefficient (Wildman–Crippen LogP) is 2.64. The second kappa shape index (κ2) is 9.09. The number of nitrogens with one attached hydrogen (secondary N) is 1. The van der Waals surface area contributed by atoms with Gasteiger partial charge >= 0.3 is 6.18 Å². The molecule has 33 heavy (non-hydrogen) atoms. The third-order valence-corrected chi connectivity index (χ3v) is 5.08. The van der Waals surface area contributed by atoms with E-state index in [2.05, 4.69) is 32.0 Å². The lowest BCUT2D eigenvalue weighted by Gasteiger charge is -2.24. The van der Waals surface area contributed by atoms with Gasteiger partial charge in [0.25, 0.3) is 0 Å². The molecule has 0 aromatic carbocycles. The molecule has 0 bridgehead atoms. The van der Waals surface area contributed by atoms with Gasteiger partial charge in [0.2, 0.25) is 5.91 Å².